The van der Waals surface area contributed by atoms with Crippen LogP contribution in [0.15, 0.2) is 0 Å². The fourth-order valence-electron chi connectivity index (χ4n) is 5.22. The fourth-order valence-corrected chi connectivity index (χ4v) is 5.42. The Morgan fingerprint density at radius 2 is 1.02 bits per heavy atom. The minimum atomic E-state index is -1.19. The van der Waals surface area contributed by atoms with Crippen LogP contribution in [-0.2, 0) is 52.5 Å². The number of hydrogen-bond acceptors (Lipinski definition) is 11. The van der Waals surface area contributed by atoms with Crippen LogP contribution in [0.5, 0.6) is 0 Å². The minimum Gasteiger partial charge on any atom is -0.481 e. The number of hydrogen-bond donors (Lipinski definition) is 7. The van der Waals surface area contributed by atoms with Crippen LogP contribution in [0.25, 0.3) is 0 Å². The Kier molecular flexibility index (Phi) is 35.9. The van der Waals surface area contributed by atoms with E-state index < -0.39 is 24.1 Å². The molecule has 0 bridgehead atoms. The van der Waals surface area contributed by atoms with E-state index in [0.717, 1.165) is 51.4 Å². The molecule has 0 heterocycles. The highest BCUT2D eigenvalue weighted by atomic mass is 79.9. The zero-order valence-electron chi connectivity index (χ0n) is 33.7. The average molecular weight is 883 g/mol. The molecular weight excluding hydrogens is 814 g/mol. The van der Waals surface area contributed by atoms with Crippen LogP contribution in [0.2, 0.25) is 0 Å². The molecule has 0 aromatic rings. The maximum Gasteiger partial charge on any atom is 0.326 e. The summed E-state index contributed by atoms with van der Waals surface area (Å²) in [6, 6.07) is -1.15. The van der Waals surface area contributed by atoms with Crippen molar-refractivity contribution in [2.24, 2.45) is 0 Å². The Morgan fingerprint density at radius 3 is 1.58 bits per heavy atom. The Labute approximate surface area is 345 Å². The maximum atomic E-state index is 12.3. The van der Waals surface area contributed by atoms with Gasteiger partial charge in [-0.15, -0.1) is 0 Å². The molecule has 0 saturated heterocycles. The second-order valence-electron chi connectivity index (χ2n) is 13.4. The van der Waals surface area contributed by atoms with Crippen LogP contribution in [-0.4, -0.2) is 142 Å². The van der Waals surface area contributed by atoms with Gasteiger partial charge in [0, 0.05) is 45.4 Å². The number of nitrogens with one attached hydrogen (secondary N) is 5. The van der Waals surface area contributed by atoms with Crippen molar-refractivity contribution < 1.29 is 62.7 Å². The number of alkyl halides is 1. The van der Waals surface area contributed by atoms with Crippen molar-refractivity contribution in [3.05, 3.63) is 0 Å². The summed E-state index contributed by atoms with van der Waals surface area (Å²) in [5, 5.41) is 31.4. The number of rotatable bonds is 40. The lowest BCUT2D eigenvalue weighted by Crippen LogP contribution is -2.41. The number of halogens is 1. The van der Waals surface area contributed by atoms with Gasteiger partial charge >= 0.3 is 11.9 Å². The molecule has 2 atom stereocenters. The summed E-state index contributed by atoms with van der Waals surface area (Å²) in [5.74, 6) is -3.42. The molecule has 18 nitrogen and oxygen atoms in total. The van der Waals surface area contributed by atoms with E-state index in [4.69, 9.17) is 24.1 Å². The summed E-state index contributed by atoms with van der Waals surface area (Å²) < 4.78 is 21.4. The van der Waals surface area contributed by atoms with Crippen LogP contribution in [0.4, 0.5) is 0 Å². The standard InChI is InChI=1S/C38H68BrN5O13/c1-30(37(51)43-19-18-40-34(47)28-39)57-27-26-55-23-21-42-35(48)29-56-25-24-54-22-20-41-32(45)17-16-31(38(52)53)44-33(46)14-12-10-8-6-4-2-3-5-7-9-11-13-15-36(49)50/h30-31H,2-29H2,1H3,(H,40,47)(H,41,45)(H,42,48)(H,43,51)(H,44,46)(H,49,50)(H,52,53). The van der Waals surface area contributed by atoms with Crippen molar-refractivity contribution >= 4 is 57.4 Å². The molecule has 0 saturated carbocycles. The predicted molar refractivity (Wildman–Crippen MR) is 215 cm³/mol. The largest absolute Gasteiger partial charge is 0.481 e. The van der Waals surface area contributed by atoms with Gasteiger partial charge in [-0.05, 0) is 26.2 Å². The van der Waals surface area contributed by atoms with Crippen LogP contribution in [0, 0.1) is 0 Å². The number of aliphatic carboxylic acids is 2. The van der Waals surface area contributed by atoms with E-state index in [-0.39, 0.29) is 126 Å². The summed E-state index contributed by atoms with van der Waals surface area (Å²) in [4.78, 5) is 81.5. The predicted octanol–water partition coefficient (Wildman–Crippen LogP) is 2.20. The Bertz CT molecular complexity index is 1130. The number of ether oxygens (including phenoxy) is 4. The number of carbonyl (C=O) groups excluding carboxylic acids is 5. The molecule has 0 aliphatic rings. The molecule has 0 aliphatic heterocycles. The van der Waals surface area contributed by atoms with Gasteiger partial charge in [-0.2, -0.15) is 0 Å². The first-order valence-electron chi connectivity index (χ1n) is 20.2. The van der Waals surface area contributed by atoms with Crippen LogP contribution in [0.3, 0.4) is 0 Å². The smallest absolute Gasteiger partial charge is 0.326 e. The number of carbonyl (C=O) groups is 7. The third-order valence-electron chi connectivity index (χ3n) is 8.41. The first-order chi connectivity index (χ1) is 27.5. The highest BCUT2D eigenvalue weighted by molar-refractivity contribution is 9.09. The number of carboxylic acids is 2. The first kappa shape index (κ1) is 53.6. The van der Waals surface area contributed by atoms with E-state index >= 15 is 0 Å². The zero-order chi connectivity index (χ0) is 42.4. The second-order valence-corrected chi connectivity index (χ2v) is 14.0. The highest BCUT2D eigenvalue weighted by Crippen LogP contribution is 2.13. The quantitative estimate of drug-likeness (QED) is 0.0345. The summed E-state index contributed by atoms with van der Waals surface area (Å²) in [6.07, 6.45) is 12.0. The molecule has 0 radical (unpaired) electrons. The second kappa shape index (κ2) is 38.1. The number of amides is 5. The molecule has 19 heteroatoms. The summed E-state index contributed by atoms with van der Waals surface area (Å²) >= 11 is 3.03. The van der Waals surface area contributed by atoms with Crippen molar-refractivity contribution in [2.75, 3.05) is 77.8 Å². The van der Waals surface area contributed by atoms with Gasteiger partial charge in [0.05, 0.1) is 45.0 Å². The van der Waals surface area contributed by atoms with Crippen LogP contribution in [0.1, 0.15) is 110 Å². The van der Waals surface area contributed by atoms with Gasteiger partial charge in [0.25, 0.3) is 0 Å². The van der Waals surface area contributed by atoms with E-state index in [1.165, 1.54) is 19.3 Å². The number of carboxylic acid groups (broad SMARTS) is 2. The fraction of sp³-hybridized carbons (Fsp3) is 0.816. The van der Waals surface area contributed by atoms with Gasteiger partial charge in [-0.3, -0.25) is 28.8 Å². The highest BCUT2D eigenvalue weighted by Gasteiger charge is 2.21. The molecule has 330 valence electrons. The Morgan fingerprint density at radius 1 is 0.526 bits per heavy atom. The number of unbranched alkanes of at least 4 members (excludes halogenated alkanes) is 11. The Hall–Kier alpha value is -3.39. The maximum absolute atomic E-state index is 12.3. The zero-order valence-corrected chi connectivity index (χ0v) is 35.3. The molecule has 7 N–H and O–H groups in total. The molecule has 0 aromatic heterocycles. The van der Waals surface area contributed by atoms with Crippen LogP contribution < -0.4 is 26.6 Å². The van der Waals surface area contributed by atoms with Crippen molar-refractivity contribution in [3.63, 3.8) is 0 Å². The van der Waals surface area contributed by atoms with Crippen molar-refractivity contribution in [1.82, 2.24) is 26.6 Å². The molecule has 5 amide bonds. The first-order valence-corrected chi connectivity index (χ1v) is 21.3. The van der Waals surface area contributed by atoms with E-state index in [1.807, 2.05) is 0 Å². The lowest BCUT2D eigenvalue weighted by molar-refractivity contribution is -0.142. The van der Waals surface area contributed by atoms with E-state index in [2.05, 4.69) is 42.5 Å². The molecule has 0 rings (SSSR count). The third-order valence-corrected chi connectivity index (χ3v) is 8.92. The molecule has 2 unspecified atom stereocenters. The van der Waals surface area contributed by atoms with Crippen molar-refractivity contribution in [2.45, 2.75) is 122 Å². The van der Waals surface area contributed by atoms with E-state index in [1.54, 1.807) is 6.92 Å². The van der Waals surface area contributed by atoms with Gasteiger partial charge < -0.3 is 55.7 Å². The van der Waals surface area contributed by atoms with Gasteiger partial charge in [0.1, 0.15) is 18.8 Å². The van der Waals surface area contributed by atoms with Gasteiger partial charge in [0.15, 0.2) is 0 Å². The molecule has 0 fully saturated rings. The van der Waals surface area contributed by atoms with Crippen molar-refractivity contribution in [1.29, 1.82) is 0 Å². The Balaban J connectivity index is 3.71. The van der Waals surface area contributed by atoms with Crippen LogP contribution >= 0.6 is 15.9 Å². The third kappa shape index (κ3) is 36.7. The van der Waals surface area contributed by atoms with Gasteiger partial charge in [0.2, 0.25) is 29.5 Å². The lowest BCUT2D eigenvalue weighted by atomic mass is 10.0. The summed E-state index contributed by atoms with van der Waals surface area (Å²) in [5.41, 5.74) is 0. The molecule has 0 aromatic carbocycles. The minimum absolute atomic E-state index is 0.0329. The van der Waals surface area contributed by atoms with Crippen molar-refractivity contribution in [3.8, 4) is 0 Å². The summed E-state index contributed by atoms with van der Waals surface area (Å²) in [7, 11) is 0. The topological polar surface area (TPSA) is 257 Å². The summed E-state index contributed by atoms with van der Waals surface area (Å²) in [6.45, 7) is 3.73. The van der Waals surface area contributed by atoms with E-state index in [0.29, 0.717) is 13.0 Å². The molecule has 57 heavy (non-hydrogen) atoms. The lowest BCUT2D eigenvalue weighted by Gasteiger charge is -2.14. The monoisotopic (exact) mass is 881 g/mol. The average Bonchev–Trinajstić information content (AvgIpc) is 3.18. The molecular formula is C38H68BrN5O13. The van der Waals surface area contributed by atoms with E-state index in [9.17, 15) is 38.7 Å². The van der Waals surface area contributed by atoms with Gasteiger partial charge in [-0.25, -0.2) is 4.79 Å². The van der Waals surface area contributed by atoms with Gasteiger partial charge in [-0.1, -0.05) is 80.1 Å². The SMILES string of the molecule is CC(OCCOCCNC(=O)COCCOCCNC(=O)CCC(NC(=O)CCCCCCCCCCCCCCC(=O)O)C(=O)O)C(=O)NCCNC(=O)CBr. The molecule has 0 aliphatic carbocycles. The molecule has 0 spiro atoms. The normalized spacial score (nSPS) is 12.0.